The van der Waals surface area contributed by atoms with E-state index in [0.717, 1.165) is 30.4 Å². The predicted molar refractivity (Wildman–Crippen MR) is 149 cm³/mol. The standard InChI is InChI=1S/C29H25Cl3N2O4/c30-21-2-1-3-22(31)26(21)27(33)20(28(35)15-4-5-15)14-37-18-8-9-19(23(32)13-18)25-11-6-16-12-17(29(34)36)7-10-24(16)38-25/h1-3,7-10,12-13,15,25H,4-6,11,14,33H2,(H2,34,36). The van der Waals surface area contributed by atoms with E-state index in [2.05, 4.69) is 0 Å². The highest BCUT2D eigenvalue weighted by Crippen LogP contribution is 2.40. The largest absolute Gasteiger partial charge is 0.489 e. The number of ketones is 1. The molecular weight excluding hydrogens is 547 g/mol. The maximum atomic E-state index is 13.1. The summed E-state index contributed by atoms with van der Waals surface area (Å²) >= 11 is 19.3. The maximum Gasteiger partial charge on any atom is 0.248 e. The second kappa shape index (κ2) is 10.9. The summed E-state index contributed by atoms with van der Waals surface area (Å²) in [5.74, 6) is 0.590. The molecule has 1 amide bonds. The molecule has 0 bridgehead atoms. The molecule has 2 aliphatic rings. The number of rotatable bonds is 8. The van der Waals surface area contributed by atoms with E-state index >= 15 is 0 Å². The summed E-state index contributed by atoms with van der Waals surface area (Å²) in [6.45, 7) is -0.0477. The van der Waals surface area contributed by atoms with Crippen molar-refractivity contribution in [3.05, 3.63) is 97.5 Å². The molecular formula is C29H25Cl3N2O4. The van der Waals surface area contributed by atoms with Crippen LogP contribution in [-0.4, -0.2) is 18.3 Å². The number of nitrogens with two attached hydrogens (primary N) is 2. The van der Waals surface area contributed by atoms with Gasteiger partial charge in [0.2, 0.25) is 5.91 Å². The SMILES string of the molecule is NC(=O)c1ccc2c(c1)CCC(c1ccc(OCC(C(=O)C3CC3)=C(N)c3c(Cl)cccc3Cl)cc1Cl)O2. The zero-order valence-electron chi connectivity index (χ0n) is 20.3. The van der Waals surface area contributed by atoms with Crippen molar-refractivity contribution in [2.45, 2.75) is 31.8 Å². The van der Waals surface area contributed by atoms with Crippen LogP contribution in [0, 0.1) is 5.92 Å². The van der Waals surface area contributed by atoms with E-state index in [1.54, 1.807) is 48.5 Å². The minimum atomic E-state index is -0.470. The van der Waals surface area contributed by atoms with Crippen molar-refractivity contribution >= 4 is 52.2 Å². The van der Waals surface area contributed by atoms with Crippen LogP contribution in [0.1, 0.15) is 52.4 Å². The van der Waals surface area contributed by atoms with Crippen LogP contribution in [-0.2, 0) is 11.2 Å². The van der Waals surface area contributed by atoms with Crippen LogP contribution in [0.25, 0.3) is 5.70 Å². The third kappa shape index (κ3) is 5.48. The summed E-state index contributed by atoms with van der Waals surface area (Å²) in [5, 5.41) is 1.21. The first-order valence-electron chi connectivity index (χ1n) is 12.2. The summed E-state index contributed by atoms with van der Waals surface area (Å²) in [7, 11) is 0. The van der Waals surface area contributed by atoms with Crippen LogP contribution in [0.3, 0.4) is 0 Å². The number of benzene rings is 3. The number of hydrogen-bond acceptors (Lipinski definition) is 5. The third-order valence-corrected chi connectivity index (χ3v) is 7.75. The van der Waals surface area contributed by atoms with E-state index in [4.69, 9.17) is 55.7 Å². The Morgan fingerprint density at radius 3 is 2.32 bits per heavy atom. The first-order chi connectivity index (χ1) is 18.2. The molecule has 1 saturated carbocycles. The van der Waals surface area contributed by atoms with Crippen molar-refractivity contribution in [3.8, 4) is 11.5 Å². The van der Waals surface area contributed by atoms with Gasteiger partial charge >= 0.3 is 0 Å². The van der Waals surface area contributed by atoms with E-state index in [0.29, 0.717) is 49.7 Å². The Kier molecular flexibility index (Phi) is 7.57. The third-order valence-electron chi connectivity index (χ3n) is 6.79. The predicted octanol–water partition coefficient (Wildman–Crippen LogP) is 6.54. The highest BCUT2D eigenvalue weighted by Gasteiger charge is 2.34. The molecule has 1 unspecified atom stereocenters. The highest BCUT2D eigenvalue weighted by molar-refractivity contribution is 6.37. The van der Waals surface area contributed by atoms with Gasteiger partial charge in [0.05, 0.1) is 26.3 Å². The average molecular weight is 572 g/mol. The van der Waals surface area contributed by atoms with Gasteiger partial charge < -0.3 is 20.9 Å². The minimum Gasteiger partial charge on any atom is -0.489 e. The molecule has 4 N–H and O–H groups in total. The van der Waals surface area contributed by atoms with Crippen LogP contribution >= 0.6 is 34.8 Å². The first-order valence-corrected chi connectivity index (χ1v) is 13.3. The van der Waals surface area contributed by atoms with Gasteiger partial charge in [0.1, 0.15) is 24.2 Å². The topological polar surface area (TPSA) is 105 Å². The Bertz CT molecular complexity index is 1450. The van der Waals surface area contributed by atoms with Gasteiger partial charge in [0, 0.05) is 22.6 Å². The summed E-state index contributed by atoms with van der Waals surface area (Å²) in [6.07, 6.45) is 2.79. The number of ether oxygens (including phenoxy) is 2. The van der Waals surface area contributed by atoms with E-state index in [1.165, 1.54) is 0 Å². The molecule has 38 heavy (non-hydrogen) atoms. The van der Waals surface area contributed by atoms with Gasteiger partial charge in [-0.15, -0.1) is 0 Å². The van der Waals surface area contributed by atoms with Crippen molar-refractivity contribution in [3.63, 3.8) is 0 Å². The van der Waals surface area contributed by atoms with Crippen LogP contribution < -0.4 is 20.9 Å². The fourth-order valence-electron chi connectivity index (χ4n) is 4.55. The number of hydrogen-bond donors (Lipinski definition) is 2. The monoisotopic (exact) mass is 570 g/mol. The summed E-state index contributed by atoms with van der Waals surface area (Å²) in [6, 6.07) is 15.6. The molecule has 1 aliphatic heterocycles. The van der Waals surface area contributed by atoms with Crippen molar-refractivity contribution in [1.29, 1.82) is 0 Å². The number of carbonyl (C=O) groups excluding carboxylic acids is 2. The Labute approximate surface area is 235 Å². The molecule has 196 valence electrons. The minimum absolute atomic E-state index is 0.0477. The zero-order valence-corrected chi connectivity index (χ0v) is 22.6. The number of primary amides is 1. The van der Waals surface area contributed by atoms with Crippen molar-refractivity contribution in [1.82, 2.24) is 0 Å². The van der Waals surface area contributed by atoms with Gasteiger partial charge in [-0.25, -0.2) is 0 Å². The number of fused-ring (bicyclic) bond motifs is 1. The molecule has 1 aliphatic carbocycles. The lowest BCUT2D eigenvalue weighted by Gasteiger charge is -2.27. The molecule has 6 nitrogen and oxygen atoms in total. The lowest BCUT2D eigenvalue weighted by atomic mass is 9.96. The molecule has 1 heterocycles. The molecule has 0 radical (unpaired) electrons. The second-order valence-electron chi connectivity index (χ2n) is 9.43. The van der Waals surface area contributed by atoms with Gasteiger partial charge in [-0.3, -0.25) is 9.59 Å². The van der Waals surface area contributed by atoms with Crippen LogP contribution in [0.5, 0.6) is 11.5 Å². The van der Waals surface area contributed by atoms with Crippen molar-refractivity contribution < 1.29 is 19.1 Å². The molecule has 9 heteroatoms. The Hall–Kier alpha value is -3.19. The molecule has 0 saturated heterocycles. The number of amides is 1. The molecule has 3 aromatic carbocycles. The second-order valence-corrected chi connectivity index (χ2v) is 10.7. The molecule has 0 aromatic heterocycles. The maximum absolute atomic E-state index is 13.1. The van der Waals surface area contributed by atoms with Crippen LogP contribution in [0.4, 0.5) is 0 Å². The molecule has 0 spiro atoms. The van der Waals surface area contributed by atoms with Crippen molar-refractivity contribution in [2.24, 2.45) is 17.4 Å². The lowest BCUT2D eigenvalue weighted by molar-refractivity contribution is -0.116. The molecule has 3 aromatic rings. The van der Waals surface area contributed by atoms with Crippen LogP contribution in [0.15, 0.2) is 60.2 Å². The van der Waals surface area contributed by atoms with E-state index in [-0.39, 0.29) is 30.1 Å². The zero-order chi connectivity index (χ0) is 27.0. The lowest BCUT2D eigenvalue weighted by Crippen LogP contribution is -2.19. The number of carbonyl (C=O) groups is 2. The number of Topliss-reactive ketones (excluding diaryl/α,β-unsaturated/α-hetero) is 1. The Morgan fingerprint density at radius 1 is 0.921 bits per heavy atom. The Balaban J connectivity index is 1.34. The van der Waals surface area contributed by atoms with Gasteiger partial charge in [0.25, 0.3) is 0 Å². The smallest absolute Gasteiger partial charge is 0.248 e. The first kappa shape index (κ1) is 26.4. The normalized spacial score (nSPS) is 17.2. The summed E-state index contributed by atoms with van der Waals surface area (Å²) in [5.41, 5.74) is 15.0. The van der Waals surface area contributed by atoms with E-state index in [9.17, 15) is 9.59 Å². The molecule has 5 rings (SSSR count). The van der Waals surface area contributed by atoms with Gasteiger partial charge in [-0.1, -0.05) is 46.9 Å². The van der Waals surface area contributed by atoms with E-state index in [1.807, 2.05) is 6.07 Å². The summed E-state index contributed by atoms with van der Waals surface area (Å²) < 4.78 is 12.2. The fraction of sp³-hybridized carbons (Fsp3) is 0.241. The van der Waals surface area contributed by atoms with Gasteiger partial charge in [-0.2, -0.15) is 0 Å². The van der Waals surface area contributed by atoms with Gasteiger partial charge in [0.15, 0.2) is 5.78 Å². The fourth-order valence-corrected chi connectivity index (χ4v) is 5.45. The summed E-state index contributed by atoms with van der Waals surface area (Å²) in [4.78, 5) is 24.5. The van der Waals surface area contributed by atoms with E-state index < -0.39 is 5.91 Å². The van der Waals surface area contributed by atoms with Crippen LogP contribution in [0.2, 0.25) is 15.1 Å². The molecule has 1 fully saturated rings. The number of halogens is 3. The highest BCUT2D eigenvalue weighted by atomic mass is 35.5. The quantitative estimate of drug-likeness (QED) is 0.299. The molecule has 1 atom stereocenters. The van der Waals surface area contributed by atoms with Crippen molar-refractivity contribution in [2.75, 3.05) is 6.61 Å². The van der Waals surface area contributed by atoms with Gasteiger partial charge in [-0.05, 0) is 73.7 Å². The number of aryl methyl sites for hydroxylation is 1. The average Bonchev–Trinajstić information content (AvgIpc) is 3.74. The Morgan fingerprint density at radius 2 is 1.66 bits per heavy atom.